The minimum absolute atomic E-state index is 0.158. The number of rotatable bonds is 12. The molecule has 0 bridgehead atoms. The maximum Gasteiger partial charge on any atom is 0.261 e. The Bertz CT molecular complexity index is 1070. The molecule has 0 radical (unpaired) electrons. The third-order valence-electron chi connectivity index (χ3n) is 5.75. The summed E-state index contributed by atoms with van der Waals surface area (Å²) in [6.07, 6.45) is 2.28. The molecule has 1 N–H and O–H groups in total. The summed E-state index contributed by atoms with van der Waals surface area (Å²) in [7, 11) is 0. The van der Waals surface area contributed by atoms with Crippen molar-refractivity contribution in [2.45, 2.75) is 45.7 Å². The van der Waals surface area contributed by atoms with Crippen LogP contribution in [0.3, 0.4) is 0 Å². The van der Waals surface area contributed by atoms with E-state index in [1.54, 1.807) is 29.2 Å². The lowest BCUT2D eigenvalue weighted by Gasteiger charge is -2.31. The summed E-state index contributed by atoms with van der Waals surface area (Å²) in [6.45, 7) is 4.80. The fourth-order valence-electron chi connectivity index (χ4n) is 3.71. The number of aryl methyl sites for hydroxylation is 1. The average molecular weight is 493 g/mol. The first-order valence-corrected chi connectivity index (χ1v) is 12.4. The van der Waals surface area contributed by atoms with E-state index >= 15 is 0 Å². The summed E-state index contributed by atoms with van der Waals surface area (Å²) >= 11 is 5.96. The van der Waals surface area contributed by atoms with Crippen LogP contribution in [0.15, 0.2) is 78.9 Å². The van der Waals surface area contributed by atoms with E-state index in [4.69, 9.17) is 16.3 Å². The van der Waals surface area contributed by atoms with Crippen LogP contribution >= 0.6 is 11.6 Å². The first-order chi connectivity index (χ1) is 17.0. The minimum atomic E-state index is -0.670. The third kappa shape index (κ3) is 8.45. The van der Waals surface area contributed by atoms with E-state index in [9.17, 15) is 9.59 Å². The number of carbonyl (C=O) groups excluding carboxylic acids is 2. The highest BCUT2D eigenvalue weighted by Crippen LogP contribution is 2.18. The van der Waals surface area contributed by atoms with Gasteiger partial charge >= 0.3 is 0 Å². The van der Waals surface area contributed by atoms with E-state index in [-0.39, 0.29) is 18.4 Å². The smallest absolute Gasteiger partial charge is 0.261 e. The SMILES string of the molecule is CCCCNC(=O)[C@@H](Cc1ccccc1)N(Cc1ccc(C)cc1)C(=O)COc1ccc(Cl)cc1. The summed E-state index contributed by atoms with van der Waals surface area (Å²) in [6, 6.07) is 24.0. The van der Waals surface area contributed by atoms with Crippen molar-refractivity contribution in [3.05, 3.63) is 101 Å². The molecule has 0 spiro atoms. The third-order valence-corrected chi connectivity index (χ3v) is 6.00. The first kappa shape index (κ1) is 26.3. The van der Waals surface area contributed by atoms with E-state index in [1.165, 1.54) is 0 Å². The maximum absolute atomic E-state index is 13.5. The van der Waals surface area contributed by atoms with Crippen molar-refractivity contribution in [1.82, 2.24) is 10.2 Å². The number of nitrogens with zero attached hydrogens (tertiary/aromatic N) is 1. The molecular formula is C29H33ClN2O3. The Kier molecular flexibility index (Phi) is 10.2. The van der Waals surface area contributed by atoms with Crippen LogP contribution in [0.25, 0.3) is 0 Å². The van der Waals surface area contributed by atoms with Gasteiger partial charge in [-0.2, -0.15) is 0 Å². The Labute approximate surface area is 213 Å². The van der Waals surface area contributed by atoms with Crippen molar-refractivity contribution in [2.75, 3.05) is 13.2 Å². The molecule has 6 heteroatoms. The van der Waals surface area contributed by atoms with Crippen LogP contribution in [-0.4, -0.2) is 35.9 Å². The van der Waals surface area contributed by atoms with Crippen molar-refractivity contribution >= 4 is 23.4 Å². The van der Waals surface area contributed by atoms with Gasteiger partial charge in [0.15, 0.2) is 6.61 Å². The minimum Gasteiger partial charge on any atom is -0.484 e. The fourth-order valence-corrected chi connectivity index (χ4v) is 3.84. The molecule has 0 aromatic heterocycles. The molecule has 1 atom stereocenters. The Balaban J connectivity index is 1.86. The fraction of sp³-hybridized carbons (Fsp3) is 0.310. The van der Waals surface area contributed by atoms with Crippen molar-refractivity contribution in [2.24, 2.45) is 0 Å². The van der Waals surface area contributed by atoms with Gasteiger partial charge < -0.3 is 15.0 Å². The summed E-state index contributed by atoms with van der Waals surface area (Å²) in [5.74, 6) is 0.131. The molecule has 2 amide bonds. The molecule has 0 aliphatic heterocycles. The highest BCUT2D eigenvalue weighted by atomic mass is 35.5. The number of amides is 2. The van der Waals surface area contributed by atoms with E-state index in [1.807, 2.05) is 61.5 Å². The predicted molar refractivity (Wildman–Crippen MR) is 141 cm³/mol. The number of carbonyl (C=O) groups is 2. The topological polar surface area (TPSA) is 58.6 Å². The number of nitrogens with one attached hydrogen (secondary N) is 1. The second-order valence-corrected chi connectivity index (χ2v) is 9.04. The van der Waals surface area contributed by atoms with Gasteiger partial charge in [-0.15, -0.1) is 0 Å². The number of benzene rings is 3. The van der Waals surface area contributed by atoms with Crippen LogP contribution in [0.1, 0.15) is 36.5 Å². The number of hydrogen-bond donors (Lipinski definition) is 1. The van der Waals surface area contributed by atoms with E-state index < -0.39 is 6.04 Å². The predicted octanol–water partition coefficient (Wildman–Crippen LogP) is 5.58. The summed E-state index contributed by atoms with van der Waals surface area (Å²) in [5.41, 5.74) is 3.08. The molecular weight excluding hydrogens is 460 g/mol. The van der Waals surface area contributed by atoms with Gasteiger partial charge in [0.05, 0.1) is 0 Å². The first-order valence-electron chi connectivity index (χ1n) is 12.0. The standard InChI is InChI=1S/C29H33ClN2O3/c1-3-4-18-31-29(34)27(19-23-8-6-5-7-9-23)32(20-24-12-10-22(2)11-13-24)28(33)21-35-26-16-14-25(30)15-17-26/h5-17,27H,3-4,18-21H2,1-2H3,(H,31,34)/t27-/m1/s1. The Morgan fingerprint density at radius 2 is 1.63 bits per heavy atom. The zero-order valence-corrected chi connectivity index (χ0v) is 21.1. The van der Waals surface area contributed by atoms with Gasteiger partial charge in [0, 0.05) is 24.5 Å². The molecule has 0 aliphatic rings. The number of hydrogen-bond acceptors (Lipinski definition) is 3. The van der Waals surface area contributed by atoms with Gasteiger partial charge in [0.25, 0.3) is 5.91 Å². The molecule has 0 heterocycles. The highest BCUT2D eigenvalue weighted by Gasteiger charge is 2.30. The van der Waals surface area contributed by atoms with Crippen molar-refractivity contribution in [3.63, 3.8) is 0 Å². The van der Waals surface area contributed by atoms with E-state index in [0.29, 0.717) is 30.3 Å². The van der Waals surface area contributed by atoms with Gasteiger partial charge in [-0.05, 0) is 48.7 Å². The molecule has 3 aromatic rings. The summed E-state index contributed by atoms with van der Waals surface area (Å²) < 4.78 is 5.76. The van der Waals surface area contributed by atoms with Crippen LogP contribution in [-0.2, 0) is 22.6 Å². The van der Waals surface area contributed by atoms with Gasteiger partial charge in [-0.3, -0.25) is 9.59 Å². The van der Waals surface area contributed by atoms with Gasteiger partial charge in [0.1, 0.15) is 11.8 Å². The number of unbranched alkanes of at least 4 members (excludes halogenated alkanes) is 1. The zero-order chi connectivity index (χ0) is 25.0. The lowest BCUT2D eigenvalue weighted by Crippen LogP contribution is -2.51. The van der Waals surface area contributed by atoms with Crippen LogP contribution < -0.4 is 10.1 Å². The quantitative estimate of drug-likeness (QED) is 0.335. The summed E-state index contributed by atoms with van der Waals surface area (Å²) in [4.78, 5) is 28.5. The lowest BCUT2D eigenvalue weighted by atomic mass is 10.0. The molecule has 0 unspecified atom stereocenters. The monoisotopic (exact) mass is 492 g/mol. The molecule has 35 heavy (non-hydrogen) atoms. The van der Waals surface area contributed by atoms with Gasteiger partial charge in [-0.25, -0.2) is 0 Å². The lowest BCUT2D eigenvalue weighted by molar-refractivity contribution is -0.142. The van der Waals surface area contributed by atoms with Crippen LogP contribution in [0.5, 0.6) is 5.75 Å². The number of halogens is 1. The molecule has 0 aliphatic carbocycles. The van der Waals surface area contributed by atoms with Crippen LogP contribution in [0, 0.1) is 6.92 Å². The molecule has 0 saturated heterocycles. The van der Waals surface area contributed by atoms with Crippen molar-refractivity contribution < 1.29 is 14.3 Å². The normalized spacial score (nSPS) is 11.5. The summed E-state index contributed by atoms with van der Waals surface area (Å²) in [5, 5.41) is 3.62. The second-order valence-electron chi connectivity index (χ2n) is 8.60. The molecule has 3 aromatic carbocycles. The number of ether oxygens (including phenoxy) is 1. The van der Waals surface area contributed by atoms with Crippen molar-refractivity contribution in [1.29, 1.82) is 0 Å². The van der Waals surface area contributed by atoms with E-state index in [0.717, 1.165) is 29.5 Å². The molecule has 0 saturated carbocycles. The van der Waals surface area contributed by atoms with Gasteiger partial charge in [0.2, 0.25) is 5.91 Å². The molecule has 3 rings (SSSR count). The highest BCUT2D eigenvalue weighted by molar-refractivity contribution is 6.30. The maximum atomic E-state index is 13.5. The average Bonchev–Trinajstić information content (AvgIpc) is 2.87. The van der Waals surface area contributed by atoms with Crippen LogP contribution in [0.4, 0.5) is 0 Å². The Hall–Kier alpha value is -3.31. The van der Waals surface area contributed by atoms with Crippen LogP contribution in [0.2, 0.25) is 5.02 Å². The largest absolute Gasteiger partial charge is 0.484 e. The zero-order valence-electron chi connectivity index (χ0n) is 20.4. The molecule has 0 fully saturated rings. The Morgan fingerprint density at radius 1 is 0.943 bits per heavy atom. The Morgan fingerprint density at radius 3 is 2.29 bits per heavy atom. The van der Waals surface area contributed by atoms with E-state index in [2.05, 4.69) is 12.2 Å². The van der Waals surface area contributed by atoms with Gasteiger partial charge in [-0.1, -0.05) is 85.1 Å². The molecule has 5 nitrogen and oxygen atoms in total. The second kappa shape index (κ2) is 13.5. The molecule has 184 valence electrons. The van der Waals surface area contributed by atoms with Crippen molar-refractivity contribution in [3.8, 4) is 5.75 Å².